The van der Waals surface area contributed by atoms with Gasteiger partial charge in [0.25, 0.3) is 0 Å². The quantitative estimate of drug-likeness (QED) is 0.225. The van der Waals surface area contributed by atoms with Gasteiger partial charge in [0.1, 0.15) is 24.4 Å². The van der Waals surface area contributed by atoms with Crippen molar-refractivity contribution in [2.75, 3.05) is 6.61 Å². The normalized spacial score (nSPS) is 21.1. The van der Waals surface area contributed by atoms with E-state index in [-0.39, 0.29) is 6.29 Å². The average Bonchev–Trinajstić information content (AvgIpc) is 2.12. The third-order valence-corrected chi connectivity index (χ3v) is 1.42. The number of rotatable bonds is 5. The Balaban J connectivity index is 4.07. The lowest BCUT2D eigenvalue weighted by Gasteiger charge is -2.22. The van der Waals surface area contributed by atoms with Crippen LogP contribution in [0, 0.1) is 0 Å². The van der Waals surface area contributed by atoms with Crippen LogP contribution in [0.2, 0.25) is 0 Å². The maximum absolute atomic E-state index is 9.90. The first-order valence-electron chi connectivity index (χ1n) is 3.33. The molecular weight excluding hydrogens is 172 g/mol. The minimum absolute atomic E-state index is 0.0258. The van der Waals surface area contributed by atoms with Crippen LogP contribution in [0.1, 0.15) is 0 Å². The van der Waals surface area contributed by atoms with E-state index in [9.17, 15) is 4.79 Å². The third kappa shape index (κ3) is 2.84. The molecular formula is C6H12O6. The predicted octanol–water partition coefficient (Wildman–Crippen LogP) is -3.38. The van der Waals surface area contributed by atoms with Crippen molar-refractivity contribution in [3.63, 3.8) is 0 Å². The molecule has 0 radical (unpaired) electrons. The smallest absolute Gasteiger partial charge is 0.151 e. The molecule has 0 fully saturated rings. The fourth-order valence-electron chi connectivity index (χ4n) is 0.618. The standard InChI is InChI=1S/C6H12O6/c7-1-3(9)5(11)6(12)4(10)2-8/h1,3-6,8-12H,2H2/t3-,4-,5-,6-/m1/s1/i11+2,12+2. The van der Waals surface area contributed by atoms with Gasteiger partial charge in [-0.3, -0.25) is 0 Å². The molecule has 6 nitrogen and oxygen atoms in total. The molecule has 6 heteroatoms. The van der Waals surface area contributed by atoms with Crippen molar-refractivity contribution < 1.29 is 30.3 Å². The first-order chi connectivity index (χ1) is 5.54. The van der Waals surface area contributed by atoms with Crippen molar-refractivity contribution in [3.05, 3.63) is 0 Å². The molecule has 0 amide bonds. The molecule has 0 saturated carbocycles. The summed E-state index contributed by atoms with van der Waals surface area (Å²) in [6, 6.07) is 0. The van der Waals surface area contributed by atoms with Crippen molar-refractivity contribution in [1.29, 1.82) is 0 Å². The zero-order valence-electron chi connectivity index (χ0n) is 6.24. The summed E-state index contributed by atoms with van der Waals surface area (Å²) >= 11 is 0. The maximum atomic E-state index is 9.90. The van der Waals surface area contributed by atoms with E-state index in [4.69, 9.17) is 25.5 Å². The van der Waals surface area contributed by atoms with Crippen LogP contribution in [0.4, 0.5) is 0 Å². The van der Waals surface area contributed by atoms with Crippen molar-refractivity contribution in [2.45, 2.75) is 24.4 Å². The zero-order valence-corrected chi connectivity index (χ0v) is 6.24. The van der Waals surface area contributed by atoms with Gasteiger partial charge < -0.3 is 30.3 Å². The lowest BCUT2D eigenvalue weighted by atomic mass is 10.1. The highest BCUT2D eigenvalue weighted by Crippen LogP contribution is 2.02. The number of aliphatic hydroxyl groups excluding tert-OH is 5. The van der Waals surface area contributed by atoms with Gasteiger partial charge in [-0.25, -0.2) is 0 Å². The highest BCUT2D eigenvalue weighted by atomic mass is 18.2. The third-order valence-electron chi connectivity index (χ3n) is 1.42. The summed E-state index contributed by atoms with van der Waals surface area (Å²) in [6.07, 6.45) is -6.84. The molecule has 0 saturated heterocycles. The van der Waals surface area contributed by atoms with Crippen LogP contribution >= 0.6 is 0 Å². The zero-order chi connectivity index (χ0) is 9.72. The van der Waals surface area contributed by atoms with Crippen LogP contribution in [0.25, 0.3) is 0 Å². The van der Waals surface area contributed by atoms with Gasteiger partial charge in [-0.1, -0.05) is 0 Å². The van der Waals surface area contributed by atoms with Gasteiger partial charge in [-0.2, -0.15) is 0 Å². The van der Waals surface area contributed by atoms with Gasteiger partial charge in [0.05, 0.1) is 6.61 Å². The van der Waals surface area contributed by atoms with E-state index in [2.05, 4.69) is 0 Å². The SMILES string of the molecule is O=C[C@@H](O)[C@@H]([18OH])[C@H]([18OH])[C@H](O)CO. The highest BCUT2D eigenvalue weighted by molar-refractivity contribution is 5.56. The first kappa shape index (κ1) is 11.5. The van der Waals surface area contributed by atoms with E-state index in [0.717, 1.165) is 0 Å². The minimum atomic E-state index is -1.79. The molecule has 0 aromatic rings. The van der Waals surface area contributed by atoms with Crippen LogP contribution in [0.15, 0.2) is 0 Å². The Bertz CT molecular complexity index is 138. The molecule has 5 N–H and O–H groups in total. The Hall–Kier alpha value is -0.530. The van der Waals surface area contributed by atoms with E-state index in [1.807, 2.05) is 0 Å². The summed E-state index contributed by atoms with van der Waals surface area (Å²) in [7, 11) is 0. The summed E-state index contributed by atoms with van der Waals surface area (Å²) in [5, 5.41) is 43.5. The predicted molar refractivity (Wildman–Crippen MR) is 37.2 cm³/mol. The van der Waals surface area contributed by atoms with Gasteiger partial charge in [0.15, 0.2) is 6.29 Å². The second kappa shape index (κ2) is 5.18. The lowest BCUT2D eigenvalue weighted by molar-refractivity contribution is -0.136. The summed E-state index contributed by atoms with van der Waals surface area (Å²) < 4.78 is 0. The minimum Gasteiger partial charge on any atom is -0.394 e. The van der Waals surface area contributed by atoms with Gasteiger partial charge in [0, 0.05) is 0 Å². The number of carbonyl (C=O) groups excluding carboxylic acids is 1. The topological polar surface area (TPSA) is 118 Å². The van der Waals surface area contributed by atoms with Gasteiger partial charge in [-0.05, 0) is 0 Å². The monoisotopic (exact) mass is 184 g/mol. The largest absolute Gasteiger partial charge is 0.394 e. The summed E-state index contributed by atoms with van der Waals surface area (Å²) in [4.78, 5) is 9.90. The number of carbonyl (C=O) groups is 1. The van der Waals surface area contributed by atoms with Crippen molar-refractivity contribution in [1.82, 2.24) is 0 Å². The second-order valence-electron chi connectivity index (χ2n) is 2.36. The van der Waals surface area contributed by atoms with E-state index < -0.39 is 31.0 Å². The molecule has 72 valence electrons. The molecule has 0 aliphatic carbocycles. The van der Waals surface area contributed by atoms with Crippen molar-refractivity contribution in [2.24, 2.45) is 0 Å². The van der Waals surface area contributed by atoms with Gasteiger partial charge >= 0.3 is 0 Å². The van der Waals surface area contributed by atoms with E-state index in [1.165, 1.54) is 0 Å². The lowest BCUT2D eigenvalue weighted by Crippen LogP contribution is -2.46. The van der Waals surface area contributed by atoms with Crippen LogP contribution in [0.3, 0.4) is 0 Å². The molecule has 4 atom stereocenters. The molecule has 0 heterocycles. The fraction of sp³-hybridized carbons (Fsp3) is 0.833. The van der Waals surface area contributed by atoms with Crippen molar-refractivity contribution >= 4 is 6.29 Å². The maximum Gasteiger partial charge on any atom is 0.151 e. The molecule has 0 spiro atoms. The average molecular weight is 184 g/mol. The molecule has 0 rings (SSSR count). The first-order valence-corrected chi connectivity index (χ1v) is 3.33. The number of hydrogen-bond donors (Lipinski definition) is 5. The molecule has 12 heavy (non-hydrogen) atoms. The Morgan fingerprint density at radius 2 is 1.75 bits per heavy atom. The Labute approximate surface area is 68.7 Å². The van der Waals surface area contributed by atoms with Crippen LogP contribution < -0.4 is 0 Å². The van der Waals surface area contributed by atoms with Crippen LogP contribution in [-0.2, 0) is 4.79 Å². The molecule has 0 aromatic carbocycles. The second-order valence-corrected chi connectivity index (χ2v) is 2.36. The Morgan fingerprint density at radius 3 is 2.08 bits per heavy atom. The fourth-order valence-corrected chi connectivity index (χ4v) is 0.618. The van der Waals surface area contributed by atoms with Crippen LogP contribution in [0.5, 0.6) is 0 Å². The molecule has 0 bridgehead atoms. The van der Waals surface area contributed by atoms with Crippen LogP contribution in [-0.4, -0.2) is 62.8 Å². The molecule has 0 unspecified atom stereocenters. The van der Waals surface area contributed by atoms with Gasteiger partial charge in [-0.15, -0.1) is 0 Å². The van der Waals surface area contributed by atoms with Crippen molar-refractivity contribution in [3.8, 4) is 0 Å². The molecule has 0 aromatic heterocycles. The summed E-state index contributed by atoms with van der Waals surface area (Å²) in [6.45, 7) is -0.760. The highest BCUT2D eigenvalue weighted by Gasteiger charge is 2.29. The summed E-state index contributed by atoms with van der Waals surface area (Å²) in [5.41, 5.74) is 0. The van der Waals surface area contributed by atoms with E-state index in [1.54, 1.807) is 0 Å². The summed E-state index contributed by atoms with van der Waals surface area (Å²) in [5.74, 6) is 0. The number of hydrogen-bond acceptors (Lipinski definition) is 6. The molecule has 0 aliphatic heterocycles. The Morgan fingerprint density at radius 1 is 1.25 bits per heavy atom. The van der Waals surface area contributed by atoms with Gasteiger partial charge in [0.2, 0.25) is 0 Å². The van der Waals surface area contributed by atoms with E-state index in [0.29, 0.717) is 0 Å². The number of aliphatic hydroxyl groups is 5. The molecule has 0 aliphatic rings. The van der Waals surface area contributed by atoms with E-state index >= 15 is 0 Å². The Kier molecular flexibility index (Phi) is 4.95. The number of aldehydes is 1.